The number of nitrogens with one attached hydrogen (secondary N) is 1. The minimum atomic E-state index is -0.708. The third-order valence-electron chi connectivity index (χ3n) is 3.32. The van der Waals surface area contributed by atoms with Crippen LogP contribution in [0.15, 0.2) is 24.3 Å². The summed E-state index contributed by atoms with van der Waals surface area (Å²) < 4.78 is 5.61. The molecule has 5 heteroatoms. The maximum Gasteiger partial charge on any atom is 0.237 e. The van der Waals surface area contributed by atoms with Crippen molar-refractivity contribution in [1.82, 2.24) is 5.32 Å². The zero-order chi connectivity index (χ0) is 14.3. The first-order valence-corrected chi connectivity index (χ1v) is 6.34. The van der Waals surface area contributed by atoms with E-state index in [2.05, 4.69) is 5.32 Å². The normalized spacial score (nSPS) is 13.8. The van der Waals surface area contributed by atoms with E-state index in [0.717, 1.165) is 5.56 Å². The van der Waals surface area contributed by atoms with Gasteiger partial charge in [0.05, 0.1) is 18.8 Å². The van der Waals surface area contributed by atoms with Crippen LogP contribution in [0.1, 0.15) is 25.3 Å². The standard InChI is InChI=1S/C14H22N2O3/c1-14(16-2,13(15)18)8-5-9-19-12-7-4-3-6-11(12)10-17/h3-4,6-7,16-17H,5,8-10H2,1-2H3,(H2,15,18). The van der Waals surface area contributed by atoms with Crippen LogP contribution in [0.25, 0.3) is 0 Å². The highest BCUT2D eigenvalue weighted by molar-refractivity contribution is 5.84. The largest absolute Gasteiger partial charge is 0.493 e. The molecule has 1 amide bonds. The molecule has 1 aromatic carbocycles. The molecule has 0 saturated heterocycles. The summed E-state index contributed by atoms with van der Waals surface area (Å²) in [7, 11) is 1.71. The van der Waals surface area contributed by atoms with Gasteiger partial charge in [0.1, 0.15) is 5.75 Å². The van der Waals surface area contributed by atoms with E-state index in [0.29, 0.717) is 25.2 Å². The Bertz CT molecular complexity index is 423. The third-order valence-corrected chi connectivity index (χ3v) is 3.32. The Kier molecular flexibility index (Phi) is 5.79. The zero-order valence-corrected chi connectivity index (χ0v) is 11.5. The highest BCUT2D eigenvalue weighted by atomic mass is 16.5. The fourth-order valence-electron chi connectivity index (χ4n) is 1.75. The smallest absolute Gasteiger partial charge is 0.237 e. The van der Waals surface area contributed by atoms with E-state index in [-0.39, 0.29) is 12.5 Å². The molecule has 19 heavy (non-hydrogen) atoms. The van der Waals surface area contributed by atoms with Crippen LogP contribution in [0.4, 0.5) is 0 Å². The average Bonchev–Trinajstić information content (AvgIpc) is 2.43. The first-order chi connectivity index (χ1) is 9.03. The van der Waals surface area contributed by atoms with Crippen molar-refractivity contribution in [1.29, 1.82) is 0 Å². The number of primary amides is 1. The lowest BCUT2D eigenvalue weighted by atomic mass is 9.95. The second-order valence-corrected chi connectivity index (χ2v) is 4.66. The molecule has 0 spiro atoms. The number of rotatable bonds is 8. The number of carbonyl (C=O) groups excluding carboxylic acids is 1. The molecule has 106 valence electrons. The third kappa shape index (κ3) is 4.22. The number of aliphatic hydroxyl groups excluding tert-OH is 1. The Morgan fingerprint density at radius 2 is 2.16 bits per heavy atom. The molecule has 0 aliphatic heterocycles. The quantitative estimate of drug-likeness (QED) is 0.608. The van der Waals surface area contributed by atoms with E-state index in [4.69, 9.17) is 15.6 Å². The van der Waals surface area contributed by atoms with Crippen molar-refractivity contribution in [2.45, 2.75) is 31.9 Å². The van der Waals surface area contributed by atoms with Gasteiger partial charge in [-0.2, -0.15) is 0 Å². The Hall–Kier alpha value is -1.59. The number of hydrogen-bond donors (Lipinski definition) is 3. The molecule has 0 bridgehead atoms. The maximum atomic E-state index is 11.3. The van der Waals surface area contributed by atoms with Crippen LogP contribution in [0, 0.1) is 0 Å². The number of hydrogen-bond acceptors (Lipinski definition) is 4. The van der Waals surface area contributed by atoms with E-state index in [9.17, 15) is 4.79 Å². The highest BCUT2D eigenvalue weighted by Gasteiger charge is 2.28. The lowest BCUT2D eigenvalue weighted by Crippen LogP contribution is -2.51. The number of amides is 1. The second kappa shape index (κ2) is 7.11. The number of likely N-dealkylation sites (N-methyl/N-ethyl adjacent to an activating group) is 1. The number of aliphatic hydroxyl groups is 1. The summed E-state index contributed by atoms with van der Waals surface area (Å²) in [6.45, 7) is 2.20. The second-order valence-electron chi connectivity index (χ2n) is 4.66. The maximum absolute atomic E-state index is 11.3. The number of ether oxygens (including phenoxy) is 1. The number of para-hydroxylation sites is 1. The Labute approximate surface area is 113 Å². The minimum absolute atomic E-state index is 0.0499. The molecule has 1 unspecified atom stereocenters. The van der Waals surface area contributed by atoms with Gasteiger partial charge in [-0.15, -0.1) is 0 Å². The molecular weight excluding hydrogens is 244 g/mol. The Balaban J connectivity index is 2.45. The number of nitrogens with two attached hydrogens (primary N) is 1. The molecule has 4 N–H and O–H groups in total. The molecule has 0 aliphatic carbocycles. The van der Waals surface area contributed by atoms with Gasteiger partial charge in [0.25, 0.3) is 0 Å². The van der Waals surface area contributed by atoms with Crippen LogP contribution < -0.4 is 15.8 Å². The molecule has 1 rings (SSSR count). The van der Waals surface area contributed by atoms with Crippen LogP contribution in [-0.4, -0.2) is 30.2 Å². The van der Waals surface area contributed by atoms with Crippen molar-refractivity contribution < 1.29 is 14.6 Å². The molecule has 0 radical (unpaired) electrons. The molecular formula is C14H22N2O3. The minimum Gasteiger partial charge on any atom is -0.493 e. The summed E-state index contributed by atoms with van der Waals surface area (Å²) in [4.78, 5) is 11.3. The van der Waals surface area contributed by atoms with Crippen molar-refractivity contribution in [3.63, 3.8) is 0 Å². The summed E-state index contributed by atoms with van der Waals surface area (Å²) in [5.41, 5.74) is 5.39. The van der Waals surface area contributed by atoms with Gasteiger partial charge in [0, 0.05) is 5.56 Å². The average molecular weight is 266 g/mol. The number of benzene rings is 1. The predicted molar refractivity (Wildman–Crippen MR) is 73.8 cm³/mol. The summed E-state index contributed by atoms with van der Waals surface area (Å²) in [5, 5.41) is 12.1. The van der Waals surface area contributed by atoms with Gasteiger partial charge in [-0.25, -0.2) is 0 Å². The van der Waals surface area contributed by atoms with Gasteiger partial charge in [0.15, 0.2) is 0 Å². The predicted octanol–water partition coefficient (Wildman–Crippen LogP) is 0.801. The van der Waals surface area contributed by atoms with E-state index >= 15 is 0 Å². The molecule has 5 nitrogen and oxygen atoms in total. The molecule has 0 heterocycles. The Morgan fingerprint density at radius 1 is 1.47 bits per heavy atom. The topological polar surface area (TPSA) is 84.6 Å². The van der Waals surface area contributed by atoms with Gasteiger partial charge >= 0.3 is 0 Å². The van der Waals surface area contributed by atoms with Crippen molar-refractivity contribution >= 4 is 5.91 Å². The lowest BCUT2D eigenvalue weighted by molar-refractivity contribution is -0.123. The number of carbonyl (C=O) groups is 1. The van der Waals surface area contributed by atoms with E-state index < -0.39 is 5.54 Å². The molecule has 1 atom stereocenters. The van der Waals surface area contributed by atoms with Crippen molar-refractivity contribution in [3.05, 3.63) is 29.8 Å². The van der Waals surface area contributed by atoms with Crippen molar-refractivity contribution in [2.24, 2.45) is 5.73 Å². The van der Waals surface area contributed by atoms with Gasteiger partial charge < -0.3 is 20.9 Å². The summed E-state index contributed by atoms with van der Waals surface area (Å²) in [5.74, 6) is 0.306. The van der Waals surface area contributed by atoms with Crippen LogP contribution in [-0.2, 0) is 11.4 Å². The first kappa shape index (κ1) is 15.5. The molecule has 0 aromatic heterocycles. The van der Waals surface area contributed by atoms with Crippen LogP contribution in [0.5, 0.6) is 5.75 Å². The van der Waals surface area contributed by atoms with Crippen molar-refractivity contribution in [2.75, 3.05) is 13.7 Å². The fourth-order valence-corrected chi connectivity index (χ4v) is 1.75. The summed E-state index contributed by atoms with van der Waals surface area (Å²) in [6, 6.07) is 7.34. The van der Waals surface area contributed by atoms with E-state index in [1.807, 2.05) is 24.3 Å². The van der Waals surface area contributed by atoms with Crippen LogP contribution in [0.3, 0.4) is 0 Å². The first-order valence-electron chi connectivity index (χ1n) is 6.34. The van der Waals surface area contributed by atoms with Crippen LogP contribution in [0.2, 0.25) is 0 Å². The molecule has 1 aromatic rings. The fraction of sp³-hybridized carbons (Fsp3) is 0.500. The lowest BCUT2D eigenvalue weighted by Gasteiger charge is -2.25. The molecule has 0 saturated carbocycles. The van der Waals surface area contributed by atoms with E-state index in [1.165, 1.54) is 0 Å². The van der Waals surface area contributed by atoms with Gasteiger partial charge in [-0.3, -0.25) is 4.79 Å². The monoisotopic (exact) mass is 266 g/mol. The van der Waals surface area contributed by atoms with Gasteiger partial charge in [-0.05, 0) is 32.9 Å². The van der Waals surface area contributed by atoms with E-state index in [1.54, 1.807) is 14.0 Å². The summed E-state index contributed by atoms with van der Waals surface area (Å²) in [6.07, 6.45) is 1.29. The zero-order valence-electron chi connectivity index (χ0n) is 11.5. The van der Waals surface area contributed by atoms with Crippen LogP contribution >= 0.6 is 0 Å². The molecule has 0 aliphatic rings. The van der Waals surface area contributed by atoms with Gasteiger partial charge in [0.2, 0.25) is 5.91 Å². The SMILES string of the molecule is CNC(C)(CCCOc1ccccc1CO)C(N)=O. The van der Waals surface area contributed by atoms with Crippen molar-refractivity contribution in [3.8, 4) is 5.75 Å². The van der Waals surface area contributed by atoms with Gasteiger partial charge in [-0.1, -0.05) is 18.2 Å². The summed E-state index contributed by atoms with van der Waals surface area (Å²) >= 11 is 0. The molecule has 0 fully saturated rings. The highest BCUT2D eigenvalue weighted by Crippen LogP contribution is 2.19. The Morgan fingerprint density at radius 3 is 2.74 bits per heavy atom.